The molecular formula is C18H17N3O4S2. The molecule has 27 heavy (non-hydrogen) atoms. The highest BCUT2D eigenvalue weighted by Crippen LogP contribution is 2.30. The van der Waals surface area contributed by atoms with Crippen LogP contribution < -0.4 is 10.1 Å². The van der Waals surface area contributed by atoms with Gasteiger partial charge in [0.15, 0.2) is 10.1 Å². The van der Waals surface area contributed by atoms with Crippen molar-refractivity contribution in [2.75, 3.05) is 17.7 Å². The lowest BCUT2D eigenvalue weighted by Gasteiger charge is -2.05. The van der Waals surface area contributed by atoms with Crippen molar-refractivity contribution < 1.29 is 19.7 Å². The summed E-state index contributed by atoms with van der Waals surface area (Å²) in [6.45, 7) is 2.55. The van der Waals surface area contributed by atoms with E-state index in [-0.39, 0.29) is 28.6 Å². The number of carbonyl (C=O) groups excluding carboxylic acids is 1. The Hall–Kier alpha value is -2.78. The Balaban J connectivity index is 1.56. The number of rotatable bonds is 8. The van der Waals surface area contributed by atoms with Gasteiger partial charge >= 0.3 is 0 Å². The van der Waals surface area contributed by atoms with Crippen molar-refractivity contribution in [2.24, 2.45) is 0 Å². The lowest BCUT2D eigenvalue weighted by molar-refractivity contribution is 0.102. The molecular weight excluding hydrogens is 386 g/mol. The Kier molecular flexibility index (Phi) is 6.15. The number of ether oxygens (including phenoxy) is 1. The van der Waals surface area contributed by atoms with Crippen LogP contribution in [-0.2, 0) is 0 Å². The molecule has 2 aromatic carbocycles. The molecule has 9 heteroatoms. The van der Waals surface area contributed by atoms with Gasteiger partial charge in [0.1, 0.15) is 17.2 Å². The van der Waals surface area contributed by atoms with E-state index in [1.165, 1.54) is 35.2 Å². The predicted molar refractivity (Wildman–Crippen MR) is 106 cm³/mol. The van der Waals surface area contributed by atoms with Crippen LogP contribution in [0.15, 0.2) is 46.8 Å². The van der Waals surface area contributed by atoms with Crippen molar-refractivity contribution >= 4 is 39.7 Å². The van der Waals surface area contributed by atoms with Crippen molar-refractivity contribution in [2.45, 2.75) is 11.3 Å². The fourth-order valence-corrected chi connectivity index (χ4v) is 3.86. The van der Waals surface area contributed by atoms with Gasteiger partial charge in [-0.05, 0) is 43.3 Å². The third-order valence-corrected chi connectivity index (χ3v) is 5.40. The van der Waals surface area contributed by atoms with E-state index in [2.05, 4.69) is 15.5 Å². The molecule has 0 spiro atoms. The van der Waals surface area contributed by atoms with Gasteiger partial charge in [0.05, 0.1) is 17.9 Å². The maximum atomic E-state index is 12.2. The van der Waals surface area contributed by atoms with Crippen LogP contribution in [0.5, 0.6) is 17.2 Å². The van der Waals surface area contributed by atoms with Gasteiger partial charge in [-0.3, -0.25) is 4.79 Å². The number of anilines is 2. The van der Waals surface area contributed by atoms with Crippen LogP contribution in [0.3, 0.4) is 0 Å². The molecule has 3 aromatic rings. The van der Waals surface area contributed by atoms with E-state index >= 15 is 0 Å². The lowest BCUT2D eigenvalue weighted by atomic mass is 10.1. The molecule has 0 aliphatic carbocycles. The minimum atomic E-state index is -0.256. The Bertz CT molecular complexity index is 929. The second-order valence-electron chi connectivity index (χ2n) is 5.37. The number of Topliss-reactive ketones (excluding diaryl/α,β-unsaturated/α-hetero) is 1. The highest BCUT2D eigenvalue weighted by Gasteiger charge is 2.14. The molecule has 0 radical (unpaired) electrons. The van der Waals surface area contributed by atoms with Gasteiger partial charge in [-0.2, -0.15) is 0 Å². The number of carbonyl (C=O) groups is 1. The molecule has 0 aliphatic heterocycles. The first kappa shape index (κ1) is 19.0. The molecule has 3 rings (SSSR count). The minimum Gasteiger partial charge on any atom is -0.508 e. The average molecular weight is 403 g/mol. The number of aromatic hydroxyl groups is 2. The van der Waals surface area contributed by atoms with E-state index in [1.807, 2.05) is 31.2 Å². The number of aromatic nitrogens is 2. The summed E-state index contributed by atoms with van der Waals surface area (Å²) < 4.78 is 6.04. The largest absolute Gasteiger partial charge is 0.508 e. The standard InChI is InChI=1S/C18H17N3O4S2/c1-2-25-13-6-3-11(4-7-13)19-17-20-21-18(27-17)26-10-16(24)14-8-5-12(22)9-15(14)23/h3-9,22-23H,2,10H2,1H3,(H,19,20). The number of phenolic OH excluding ortho intramolecular Hbond substituents is 2. The second-order valence-corrected chi connectivity index (χ2v) is 7.57. The predicted octanol–water partition coefficient (Wildman–Crippen LogP) is 4.07. The first-order valence-corrected chi connectivity index (χ1v) is 9.86. The van der Waals surface area contributed by atoms with E-state index in [4.69, 9.17) is 4.74 Å². The van der Waals surface area contributed by atoms with Gasteiger partial charge in [-0.15, -0.1) is 10.2 Å². The Morgan fingerprint density at radius 1 is 1.19 bits per heavy atom. The quantitative estimate of drug-likeness (QED) is 0.382. The maximum Gasteiger partial charge on any atom is 0.210 e. The number of phenols is 2. The Morgan fingerprint density at radius 3 is 2.67 bits per heavy atom. The zero-order valence-corrected chi connectivity index (χ0v) is 16.0. The first-order chi connectivity index (χ1) is 13.0. The third-order valence-electron chi connectivity index (χ3n) is 3.43. The number of nitrogens with one attached hydrogen (secondary N) is 1. The number of benzene rings is 2. The normalized spacial score (nSPS) is 10.6. The Morgan fingerprint density at radius 2 is 1.96 bits per heavy atom. The summed E-state index contributed by atoms with van der Waals surface area (Å²) in [5.41, 5.74) is 1.02. The van der Waals surface area contributed by atoms with Gasteiger partial charge in [-0.1, -0.05) is 23.1 Å². The van der Waals surface area contributed by atoms with Crippen LogP contribution in [0.25, 0.3) is 0 Å². The first-order valence-electron chi connectivity index (χ1n) is 8.06. The van der Waals surface area contributed by atoms with Gasteiger partial charge in [0.25, 0.3) is 0 Å². The fourth-order valence-electron chi connectivity index (χ4n) is 2.20. The number of hydrogen-bond acceptors (Lipinski definition) is 9. The molecule has 7 nitrogen and oxygen atoms in total. The highest BCUT2D eigenvalue weighted by atomic mass is 32.2. The van der Waals surface area contributed by atoms with Crippen molar-refractivity contribution in [1.82, 2.24) is 10.2 Å². The van der Waals surface area contributed by atoms with Crippen molar-refractivity contribution in [3.8, 4) is 17.2 Å². The third kappa shape index (κ3) is 5.11. The van der Waals surface area contributed by atoms with Gasteiger partial charge < -0.3 is 20.3 Å². The molecule has 0 unspecified atom stereocenters. The molecule has 1 heterocycles. The minimum absolute atomic E-state index is 0.0918. The zero-order chi connectivity index (χ0) is 19.2. The van der Waals surface area contributed by atoms with E-state index in [1.54, 1.807) is 0 Å². The monoisotopic (exact) mass is 403 g/mol. The lowest BCUT2D eigenvalue weighted by Crippen LogP contribution is -2.02. The molecule has 0 saturated heterocycles. The summed E-state index contributed by atoms with van der Waals surface area (Å²) in [6, 6.07) is 11.4. The summed E-state index contributed by atoms with van der Waals surface area (Å²) in [5, 5.41) is 30.9. The summed E-state index contributed by atoms with van der Waals surface area (Å²) in [4.78, 5) is 12.2. The van der Waals surface area contributed by atoms with Crippen LogP contribution >= 0.6 is 23.1 Å². The SMILES string of the molecule is CCOc1ccc(Nc2nnc(SCC(=O)c3ccc(O)cc3O)s2)cc1. The van der Waals surface area contributed by atoms with E-state index < -0.39 is 0 Å². The van der Waals surface area contributed by atoms with Gasteiger partial charge in [-0.25, -0.2) is 0 Å². The zero-order valence-electron chi connectivity index (χ0n) is 14.4. The van der Waals surface area contributed by atoms with Crippen molar-refractivity contribution in [1.29, 1.82) is 0 Å². The molecule has 0 atom stereocenters. The maximum absolute atomic E-state index is 12.2. The smallest absolute Gasteiger partial charge is 0.210 e. The van der Waals surface area contributed by atoms with Crippen LogP contribution in [0.2, 0.25) is 0 Å². The van der Waals surface area contributed by atoms with Gasteiger partial charge in [0.2, 0.25) is 5.13 Å². The molecule has 0 amide bonds. The van der Waals surface area contributed by atoms with Crippen molar-refractivity contribution in [3.63, 3.8) is 0 Å². The van der Waals surface area contributed by atoms with Crippen molar-refractivity contribution in [3.05, 3.63) is 48.0 Å². The van der Waals surface area contributed by atoms with E-state index in [0.29, 0.717) is 16.1 Å². The molecule has 0 aliphatic rings. The topological polar surface area (TPSA) is 105 Å². The summed E-state index contributed by atoms with van der Waals surface area (Å²) in [5.74, 6) is 0.318. The molecule has 0 saturated carbocycles. The van der Waals surface area contributed by atoms with E-state index in [9.17, 15) is 15.0 Å². The Labute approximate surface area is 164 Å². The molecule has 0 fully saturated rings. The highest BCUT2D eigenvalue weighted by molar-refractivity contribution is 8.01. The van der Waals surface area contributed by atoms with Gasteiger partial charge in [0, 0.05) is 11.8 Å². The number of ketones is 1. The summed E-state index contributed by atoms with van der Waals surface area (Å²) in [7, 11) is 0. The van der Waals surface area contributed by atoms with Crippen LogP contribution in [-0.4, -0.2) is 38.6 Å². The summed E-state index contributed by atoms with van der Waals surface area (Å²) in [6.07, 6.45) is 0. The number of thioether (sulfide) groups is 1. The summed E-state index contributed by atoms with van der Waals surface area (Å²) >= 11 is 2.57. The molecule has 3 N–H and O–H groups in total. The molecule has 140 valence electrons. The van der Waals surface area contributed by atoms with E-state index in [0.717, 1.165) is 17.5 Å². The number of hydrogen-bond donors (Lipinski definition) is 3. The second kappa shape index (κ2) is 8.74. The average Bonchev–Trinajstić information content (AvgIpc) is 3.09. The molecule has 1 aromatic heterocycles. The van der Waals surface area contributed by atoms with Crippen LogP contribution in [0.4, 0.5) is 10.8 Å². The van der Waals surface area contributed by atoms with Crippen LogP contribution in [0, 0.1) is 0 Å². The molecule has 0 bridgehead atoms. The fraction of sp³-hybridized carbons (Fsp3) is 0.167. The van der Waals surface area contributed by atoms with Crippen LogP contribution in [0.1, 0.15) is 17.3 Å². The number of nitrogens with zero attached hydrogens (tertiary/aromatic N) is 2.